The average molecular weight is 402 g/mol. The molecule has 1 fully saturated rings. The van der Waals surface area contributed by atoms with E-state index in [1.165, 1.54) is 22.8 Å². The van der Waals surface area contributed by atoms with Gasteiger partial charge in [0.25, 0.3) is 5.91 Å². The Bertz CT molecular complexity index is 829. The van der Waals surface area contributed by atoms with Crippen molar-refractivity contribution in [2.45, 2.75) is 26.4 Å². The van der Waals surface area contributed by atoms with Crippen molar-refractivity contribution in [1.29, 1.82) is 0 Å². The van der Waals surface area contributed by atoms with Crippen LogP contribution in [0.3, 0.4) is 0 Å². The Morgan fingerprint density at radius 1 is 1.10 bits per heavy atom. The van der Waals surface area contributed by atoms with Gasteiger partial charge in [-0.1, -0.05) is 37.3 Å². The molecule has 1 aromatic heterocycles. The van der Waals surface area contributed by atoms with Crippen LogP contribution < -0.4 is 25.3 Å². The average Bonchev–Trinajstić information content (AvgIpc) is 2.74. The molecule has 1 aliphatic heterocycles. The largest absolute Gasteiger partial charge is 0.477 e. The van der Waals surface area contributed by atoms with Gasteiger partial charge in [-0.15, -0.1) is 0 Å². The first-order valence-corrected chi connectivity index (χ1v) is 10.4. The molecule has 1 saturated heterocycles. The lowest BCUT2D eigenvalue weighted by atomic mass is 10.2. The van der Waals surface area contributed by atoms with Crippen LogP contribution in [-0.4, -0.2) is 45.2 Å². The first kappa shape index (κ1) is 21.1. The number of carbonyl (C=O) groups excluding carboxylic acids is 1. The number of carbonyl (C=O) groups is 1. The number of rotatable bonds is 9. The van der Waals surface area contributed by atoms with E-state index in [1.807, 2.05) is 13.0 Å². The summed E-state index contributed by atoms with van der Waals surface area (Å²) in [6, 6.07) is 12.1. The Balaban J connectivity index is 1.44. The number of benzene rings is 1. The van der Waals surface area contributed by atoms with E-state index in [4.69, 9.17) is 9.15 Å². The third-order valence-corrected chi connectivity index (χ3v) is 5.17. The van der Waals surface area contributed by atoms with Gasteiger partial charge in [0, 0.05) is 18.2 Å². The SMILES string of the molecule is CCCNC(=O)COc1coc(C[NH+]2CC[NH+](Cc3ccccc3)CC2)cc1=O. The summed E-state index contributed by atoms with van der Waals surface area (Å²) < 4.78 is 10.9. The van der Waals surface area contributed by atoms with Crippen molar-refractivity contribution in [3.63, 3.8) is 0 Å². The zero-order chi connectivity index (χ0) is 20.5. The van der Waals surface area contributed by atoms with Gasteiger partial charge in [0.15, 0.2) is 12.4 Å². The van der Waals surface area contributed by atoms with Crippen molar-refractivity contribution in [2.75, 3.05) is 39.3 Å². The van der Waals surface area contributed by atoms with Crippen molar-refractivity contribution in [3.8, 4) is 5.75 Å². The predicted molar refractivity (Wildman–Crippen MR) is 109 cm³/mol. The van der Waals surface area contributed by atoms with Gasteiger partial charge in [-0.2, -0.15) is 0 Å². The summed E-state index contributed by atoms with van der Waals surface area (Å²) in [5.41, 5.74) is 1.12. The first-order valence-electron chi connectivity index (χ1n) is 10.4. The summed E-state index contributed by atoms with van der Waals surface area (Å²) in [5.74, 6) is 0.488. The monoisotopic (exact) mass is 401 g/mol. The second kappa shape index (κ2) is 10.8. The third kappa shape index (κ3) is 6.73. The molecule has 2 heterocycles. The van der Waals surface area contributed by atoms with E-state index in [0.29, 0.717) is 18.8 Å². The lowest BCUT2D eigenvalue weighted by Crippen LogP contribution is -3.27. The van der Waals surface area contributed by atoms with E-state index < -0.39 is 0 Å². The number of ether oxygens (including phenoxy) is 1. The van der Waals surface area contributed by atoms with Crippen LogP contribution in [0.25, 0.3) is 0 Å². The van der Waals surface area contributed by atoms with Crippen LogP contribution >= 0.6 is 0 Å². The zero-order valence-electron chi connectivity index (χ0n) is 17.0. The van der Waals surface area contributed by atoms with Gasteiger partial charge in [-0.3, -0.25) is 9.59 Å². The van der Waals surface area contributed by atoms with E-state index >= 15 is 0 Å². The minimum absolute atomic E-state index is 0.0764. The van der Waals surface area contributed by atoms with E-state index in [0.717, 1.165) is 39.1 Å². The Hall–Kier alpha value is -2.64. The summed E-state index contributed by atoms with van der Waals surface area (Å²) in [7, 11) is 0. The molecule has 29 heavy (non-hydrogen) atoms. The fraction of sp³-hybridized carbons (Fsp3) is 0.455. The van der Waals surface area contributed by atoms with Gasteiger partial charge >= 0.3 is 0 Å². The van der Waals surface area contributed by atoms with Crippen molar-refractivity contribution in [3.05, 3.63) is 64.2 Å². The topological polar surface area (TPSA) is 77.4 Å². The predicted octanol–water partition coefficient (Wildman–Crippen LogP) is -0.972. The van der Waals surface area contributed by atoms with Crippen LogP contribution in [0.5, 0.6) is 5.75 Å². The van der Waals surface area contributed by atoms with Crippen LogP contribution in [0.2, 0.25) is 0 Å². The van der Waals surface area contributed by atoms with E-state index in [9.17, 15) is 9.59 Å². The molecule has 0 atom stereocenters. The van der Waals surface area contributed by atoms with Crippen LogP contribution in [0.1, 0.15) is 24.7 Å². The highest BCUT2D eigenvalue weighted by Crippen LogP contribution is 2.05. The van der Waals surface area contributed by atoms with Gasteiger partial charge in [0.05, 0.1) is 0 Å². The second-order valence-corrected chi connectivity index (χ2v) is 7.55. The lowest BCUT2D eigenvalue weighted by molar-refractivity contribution is -1.02. The summed E-state index contributed by atoms with van der Waals surface area (Å²) in [6.07, 6.45) is 2.17. The molecule has 0 unspecified atom stereocenters. The Morgan fingerprint density at radius 2 is 1.79 bits per heavy atom. The van der Waals surface area contributed by atoms with Crippen molar-refractivity contribution < 1.29 is 23.7 Å². The minimum Gasteiger partial charge on any atom is -0.477 e. The van der Waals surface area contributed by atoms with Gasteiger partial charge in [0.1, 0.15) is 45.5 Å². The fourth-order valence-corrected chi connectivity index (χ4v) is 3.54. The maximum Gasteiger partial charge on any atom is 0.257 e. The number of amides is 1. The minimum atomic E-state index is -0.248. The molecule has 0 spiro atoms. The van der Waals surface area contributed by atoms with Crippen molar-refractivity contribution >= 4 is 5.91 Å². The Morgan fingerprint density at radius 3 is 2.45 bits per heavy atom. The molecule has 1 amide bonds. The summed E-state index contributed by atoms with van der Waals surface area (Å²) >= 11 is 0. The molecule has 0 aliphatic carbocycles. The van der Waals surface area contributed by atoms with Crippen LogP contribution in [0, 0.1) is 0 Å². The Kier molecular flexibility index (Phi) is 7.84. The second-order valence-electron chi connectivity index (χ2n) is 7.55. The molecule has 0 bridgehead atoms. The summed E-state index contributed by atoms with van der Waals surface area (Å²) in [6.45, 7) is 8.42. The highest BCUT2D eigenvalue weighted by molar-refractivity contribution is 5.77. The maximum atomic E-state index is 12.2. The standard InChI is InChI=1S/C22H29N3O4/c1-2-8-23-22(27)17-29-21-16-28-19(13-20(21)26)15-25-11-9-24(10-12-25)14-18-6-4-3-5-7-18/h3-7,13,16H,2,8-12,14-15,17H2,1H3,(H,23,27)/p+2. The lowest BCUT2D eigenvalue weighted by Gasteiger charge is -2.29. The van der Waals surface area contributed by atoms with Crippen LogP contribution in [-0.2, 0) is 17.9 Å². The molecular weight excluding hydrogens is 370 g/mol. The highest BCUT2D eigenvalue weighted by atomic mass is 16.5. The fourth-order valence-electron chi connectivity index (χ4n) is 3.54. The molecule has 7 heteroatoms. The van der Waals surface area contributed by atoms with Crippen molar-refractivity contribution in [2.24, 2.45) is 0 Å². The van der Waals surface area contributed by atoms with Gasteiger partial charge in [-0.05, 0) is 6.42 Å². The van der Waals surface area contributed by atoms with E-state index in [2.05, 4.69) is 29.6 Å². The van der Waals surface area contributed by atoms with Crippen LogP contribution in [0.15, 0.2) is 51.9 Å². The quantitative estimate of drug-likeness (QED) is 0.505. The summed E-state index contributed by atoms with van der Waals surface area (Å²) in [5, 5.41) is 2.70. The molecule has 1 aliphatic rings. The normalized spacial score (nSPS) is 18.9. The molecule has 3 N–H and O–H groups in total. The Labute approximate surface area is 171 Å². The zero-order valence-corrected chi connectivity index (χ0v) is 17.0. The van der Waals surface area contributed by atoms with Crippen molar-refractivity contribution in [1.82, 2.24) is 5.32 Å². The molecule has 0 saturated carbocycles. The summed E-state index contributed by atoms with van der Waals surface area (Å²) in [4.78, 5) is 26.8. The number of piperazine rings is 1. The molecular formula is C22H31N3O4+2. The molecule has 156 valence electrons. The van der Waals surface area contributed by atoms with Gasteiger partial charge < -0.3 is 24.3 Å². The molecule has 3 rings (SSSR count). The molecule has 7 nitrogen and oxygen atoms in total. The van der Waals surface area contributed by atoms with E-state index in [-0.39, 0.29) is 23.7 Å². The first-order chi connectivity index (χ1) is 14.1. The molecule has 1 aromatic carbocycles. The molecule has 0 radical (unpaired) electrons. The van der Waals surface area contributed by atoms with Crippen LogP contribution in [0.4, 0.5) is 0 Å². The smallest absolute Gasteiger partial charge is 0.257 e. The number of quaternary nitrogens is 2. The number of hydrogen-bond acceptors (Lipinski definition) is 4. The maximum absolute atomic E-state index is 12.2. The van der Waals surface area contributed by atoms with Gasteiger partial charge in [0.2, 0.25) is 11.2 Å². The third-order valence-electron chi connectivity index (χ3n) is 5.17. The molecule has 2 aromatic rings. The number of hydrogen-bond donors (Lipinski definition) is 3. The number of nitrogens with one attached hydrogen (secondary N) is 3. The highest BCUT2D eigenvalue weighted by Gasteiger charge is 2.24. The van der Waals surface area contributed by atoms with Gasteiger partial charge in [-0.25, -0.2) is 0 Å². The van der Waals surface area contributed by atoms with E-state index in [1.54, 1.807) is 4.90 Å².